The Kier molecular flexibility index (Phi) is 5.28. The monoisotopic (exact) mass is 269 g/mol. The van der Waals surface area contributed by atoms with Gasteiger partial charge in [-0.1, -0.05) is 6.92 Å². The molecular formula is C11H19N5O3. The number of nitrogens with one attached hydrogen (secondary N) is 2. The third kappa shape index (κ3) is 3.67. The van der Waals surface area contributed by atoms with Crippen LogP contribution in [0.2, 0.25) is 0 Å². The molecule has 1 unspecified atom stereocenters. The van der Waals surface area contributed by atoms with E-state index >= 15 is 0 Å². The predicted octanol–water partition coefficient (Wildman–Crippen LogP) is 2.04. The maximum absolute atomic E-state index is 11.2. The first-order valence-electron chi connectivity index (χ1n) is 6.14. The molecule has 0 saturated carbocycles. The van der Waals surface area contributed by atoms with E-state index in [9.17, 15) is 10.1 Å². The second-order valence-corrected chi connectivity index (χ2v) is 4.00. The highest BCUT2D eigenvalue weighted by Crippen LogP contribution is 2.32. The summed E-state index contributed by atoms with van der Waals surface area (Å²) < 4.78 is 4.97. The molecule has 8 nitrogen and oxygen atoms in total. The average molecular weight is 269 g/mol. The molecule has 0 aliphatic heterocycles. The Morgan fingerprint density at radius 1 is 1.37 bits per heavy atom. The van der Waals surface area contributed by atoms with Crippen LogP contribution in [0, 0.1) is 10.1 Å². The number of methoxy groups -OCH3 is 1. The van der Waals surface area contributed by atoms with Crippen molar-refractivity contribution in [3.05, 3.63) is 10.1 Å². The van der Waals surface area contributed by atoms with Crippen molar-refractivity contribution in [1.29, 1.82) is 0 Å². The highest BCUT2D eigenvalue weighted by molar-refractivity contribution is 5.70. The van der Waals surface area contributed by atoms with Crippen molar-refractivity contribution in [2.75, 3.05) is 24.3 Å². The van der Waals surface area contributed by atoms with E-state index in [1.54, 1.807) is 0 Å². The largest absolute Gasteiger partial charge is 0.467 e. The molecule has 0 saturated heterocycles. The molecule has 1 aromatic heterocycles. The summed E-state index contributed by atoms with van der Waals surface area (Å²) in [5.74, 6) is 0.326. The minimum Gasteiger partial charge on any atom is -0.467 e. The van der Waals surface area contributed by atoms with Crippen molar-refractivity contribution in [1.82, 2.24) is 9.97 Å². The molecule has 0 spiro atoms. The van der Waals surface area contributed by atoms with Gasteiger partial charge in [0.2, 0.25) is 11.6 Å². The Balaban J connectivity index is 3.30. The zero-order valence-electron chi connectivity index (χ0n) is 11.6. The number of aromatic nitrogens is 2. The summed E-state index contributed by atoms with van der Waals surface area (Å²) in [5.41, 5.74) is -0.164. The summed E-state index contributed by atoms with van der Waals surface area (Å²) in [5, 5.41) is 17.0. The molecule has 0 bridgehead atoms. The van der Waals surface area contributed by atoms with Crippen molar-refractivity contribution in [3.8, 4) is 6.01 Å². The molecule has 0 aliphatic rings. The fourth-order valence-corrected chi connectivity index (χ4v) is 1.43. The van der Waals surface area contributed by atoms with Crippen molar-refractivity contribution in [3.63, 3.8) is 0 Å². The molecule has 8 heteroatoms. The molecule has 1 heterocycles. The highest BCUT2D eigenvalue weighted by atomic mass is 16.6. The first-order chi connectivity index (χ1) is 9.03. The molecule has 1 atom stereocenters. The smallest absolute Gasteiger partial charge is 0.353 e. The number of ether oxygens (including phenoxy) is 1. The minimum absolute atomic E-state index is 0.0628. The third-order valence-corrected chi connectivity index (χ3v) is 2.57. The molecule has 1 rings (SSSR count). The lowest BCUT2D eigenvalue weighted by molar-refractivity contribution is -0.383. The first kappa shape index (κ1) is 14.9. The summed E-state index contributed by atoms with van der Waals surface area (Å²) in [6, 6.07) is 0.153. The van der Waals surface area contributed by atoms with Crippen LogP contribution in [0.25, 0.3) is 0 Å². The standard InChI is InChI=1S/C11H19N5O3/c1-5-7(3)13-10-8(16(17)18)9(12-6-2)14-11(15-10)19-4/h7H,5-6H2,1-4H3,(H2,12,13,14,15). The Bertz CT molecular complexity index is 452. The molecule has 106 valence electrons. The van der Waals surface area contributed by atoms with E-state index in [2.05, 4.69) is 20.6 Å². The van der Waals surface area contributed by atoms with Gasteiger partial charge in [0, 0.05) is 12.6 Å². The van der Waals surface area contributed by atoms with E-state index < -0.39 is 4.92 Å². The van der Waals surface area contributed by atoms with Crippen LogP contribution in [-0.4, -0.2) is 34.6 Å². The molecule has 0 amide bonds. The van der Waals surface area contributed by atoms with Crippen LogP contribution in [-0.2, 0) is 0 Å². The zero-order chi connectivity index (χ0) is 14.4. The van der Waals surface area contributed by atoms with Crippen molar-refractivity contribution >= 4 is 17.3 Å². The molecule has 0 fully saturated rings. The van der Waals surface area contributed by atoms with E-state index in [1.165, 1.54) is 7.11 Å². The lowest BCUT2D eigenvalue weighted by atomic mass is 10.2. The highest BCUT2D eigenvalue weighted by Gasteiger charge is 2.25. The quantitative estimate of drug-likeness (QED) is 0.576. The van der Waals surface area contributed by atoms with Gasteiger partial charge in [0.05, 0.1) is 12.0 Å². The third-order valence-electron chi connectivity index (χ3n) is 2.57. The van der Waals surface area contributed by atoms with Gasteiger partial charge in [-0.2, -0.15) is 9.97 Å². The van der Waals surface area contributed by atoms with Crippen molar-refractivity contribution in [2.24, 2.45) is 0 Å². The number of rotatable bonds is 7. The van der Waals surface area contributed by atoms with Crippen LogP contribution in [0.15, 0.2) is 0 Å². The summed E-state index contributed by atoms with van der Waals surface area (Å²) in [6.45, 7) is 6.25. The van der Waals surface area contributed by atoms with Crippen LogP contribution in [0.1, 0.15) is 27.2 Å². The van der Waals surface area contributed by atoms with E-state index in [0.717, 1.165) is 6.42 Å². The number of nitrogens with zero attached hydrogens (tertiary/aromatic N) is 3. The first-order valence-corrected chi connectivity index (χ1v) is 6.14. The van der Waals surface area contributed by atoms with Crippen LogP contribution in [0.4, 0.5) is 17.3 Å². The Hall–Kier alpha value is -2.12. The van der Waals surface area contributed by atoms with Crippen LogP contribution in [0.5, 0.6) is 6.01 Å². The number of anilines is 2. The van der Waals surface area contributed by atoms with Gasteiger partial charge in [-0.3, -0.25) is 10.1 Å². The SMILES string of the molecule is CCNc1nc(OC)nc(NC(C)CC)c1[N+](=O)[O-]. The van der Waals surface area contributed by atoms with Crippen molar-refractivity contribution in [2.45, 2.75) is 33.2 Å². The summed E-state index contributed by atoms with van der Waals surface area (Å²) >= 11 is 0. The molecule has 0 aromatic carbocycles. The average Bonchev–Trinajstić information content (AvgIpc) is 2.37. The maximum atomic E-state index is 11.2. The van der Waals surface area contributed by atoms with Gasteiger partial charge in [-0.15, -0.1) is 0 Å². The van der Waals surface area contributed by atoms with Gasteiger partial charge in [0.25, 0.3) is 0 Å². The molecule has 19 heavy (non-hydrogen) atoms. The van der Waals surface area contributed by atoms with Crippen LogP contribution < -0.4 is 15.4 Å². The fraction of sp³-hybridized carbons (Fsp3) is 0.636. The zero-order valence-corrected chi connectivity index (χ0v) is 11.6. The summed E-state index contributed by atoms with van der Waals surface area (Å²) in [6.07, 6.45) is 0.819. The normalized spacial score (nSPS) is 11.8. The topological polar surface area (TPSA) is 102 Å². The van der Waals surface area contributed by atoms with Gasteiger partial charge in [0.15, 0.2) is 0 Å². The molecule has 0 aliphatic carbocycles. The molecule has 0 radical (unpaired) electrons. The number of hydrogen-bond donors (Lipinski definition) is 2. The lowest BCUT2D eigenvalue weighted by Gasteiger charge is -2.14. The van der Waals surface area contributed by atoms with Gasteiger partial charge in [0.1, 0.15) is 0 Å². The fourth-order valence-electron chi connectivity index (χ4n) is 1.43. The van der Waals surface area contributed by atoms with E-state index in [0.29, 0.717) is 6.54 Å². The molecule has 2 N–H and O–H groups in total. The summed E-state index contributed by atoms with van der Waals surface area (Å²) in [4.78, 5) is 18.7. The minimum atomic E-state index is -0.498. The molecular weight excluding hydrogens is 250 g/mol. The van der Waals surface area contributed by atoms with Crippen molar-refractivity contribution < 1.29 is 9.66 Å². The van der Waals surface area contributed by atoms with E-state index in [4.69, 9.17) is 4.74 Å². The maximum Gasteiger partial charge on any atom is 0.353 e. The number of hydrogen-bond acceptors (Lipinski definition) is 7. The second kappa shape index (κ2) is 6.72. The van der Waals surface area contributed by atoms with E-state index in [-0.39, 0.29) is 29.4 Å². The van der Waals surface area contributed by atoms with Gasteiger partial charge in [-0.25, -0.2) is 0 Å². The van der Waals surface area contributed by atoms with Crippen LogP contribution in [0.3, 0.4) is 0 Å². The Labute approximate surface area is 111 Å². The van der Waals surface area contributed by atoms with Gasteiger partial charge >= 0.3 is 11.7 Å². The molecule has 1 aromatic rings. The predicted molar refractivity (Wildman–Crippen MR) is 72.8 cm³/mol. The van der Waals surface area contributed by atoms with E-state index in [1.807, 2.05) is 20.8 Å². The Morgan fingerprint density at radius 3 is 2.47 bits per heavy atom. The lowest BCUT2D eigenvalue weighted by Crippen LogP contribution is -2.17. The second-order valence-electron chi connectivity index (χ2n) is 4.00. The summed E-state index contributed by atoms with van der Waals surface area (Å²) in [7, 11) is 1.42. The van der Waals surface area contributed by atoms with Crippen LogP contribution >= 0.6 is 0 Å². The van der Waals surface area contributed by atoms with Gasteiger partial charge in [-0.05, 0) is 20.3 Å². The van der Waals surface area contributed by atoms with Gasteiger partial charge < -0.3 is 15.4 Å². The number of nitro groups is 1. The Morgan fingerprint density at radius 2 is 2.00 bits per heavy atom.